The van der Waals surface area contributed by atoms with E-state index in [0.717, 1.165) is 11.1 Å². The highest BCUT2D eigenvalue weighted by molar-refractivity contribution is 5.85. The van der Waals surface area contributed by atoms with Crippen molar-refractivity contribution in [3.63, 3.8) is 0 Å². The van der Waals surface area contributed by atoms with Crippen LogP contribution in [0.25, 0.3) is 0 Å². The Kier molecular flexibility index (Phi) is 6.58. The second-order valence-corrected chi connectivity index (χ2v) is 5.03. The number of hydrazone groups is 1. The van der Waals surface area contributed by atoms with Crippen molar-refractivity contribution in [1.29, 1.82) is 0 Å². The molecule has 24 heavy (non-hydrogen) atoms. The van der Waals surface area contributed by atoms with Crippen LogP contribution >= 0.6 is 0 Å². The molecule has 0 heterocycles. The molecule has 124 valence electrons. The van der Waals surface area contributed by atoms with Gasteiger partial charge in [0.25, 0.3) is 5.91 Å². The van der Waals surface area contributed by atoms with Gasteiger partial charge in [-0.1, -0.05) is 42.5 Å². The van der Waals surface area contributed by atoms with Crippen LogP contribution in [0.5, 0.6) is 11.5 Å². The minimum absolute atomic E-state index is 0.102. The van der Waals surface area contributed by atoms with Crippen LogP contribution in [-0.4, -0.2) is 25.3 Å². The smallest absolute Gasteiger partial charge is 0.277 e. The van der Waals surface area contributed by atoms with Gasteiger partial charge in [-0.15, -0.1) is 0 Å². The van der Waals surface area contributed by atoms with Gasteiger partial charge in [0, 0.05) is 5.56 Å². The van der Waals surface area contributed by atoms with E-state index in [-0.39, 0.29) is 12.5 Å². The van der Waals surface area contributed by atoms with Crippen LogP contribution in [0.4, 0.5) is 0 Å². The maximum atomic E-state index is 11.7. The van der Waals surface area contributed by atoms with Crippen molar-refractivity contribution in [2.45, 2.75) is 6.92 Å². The second-order valence-electron chi connectivity index (χ2n) is 5.03. The fourth-order valence-corrected chi connectivity index (χ4v) is 1.86. The Morgan fingerprint density at radius 2 is 1.92 bits per heavy atom. The van der Waals surface area contributed by atoms with E-state index in [1.165, 1.54) is 6.21 Å². The van der Waals surface area contributed by atoms with Crippen LogP contribution in [0.3, 0.4) is 0 Å². The first-order valence-corrected chi connectivity index (χ1v) is 7.53. The summed E-state index contributed by atoms with van der Waals surface area (Å²) in [7, 11) is 0. The maximum absolute atomic E-state index is 11.7. The number of nitrogens with zero attached hydrogens (tertiary/aromatic N) is 1. The van der Waals surface area contributed by atoms with E-state index in [9.17, 15) is 4.79 Å². The number of carbonyl (C=O) groups is 1. The summed E-state index contributed by atoms with van der Waals surface area (Å²) in [5.74, 6) is 0.977. The zero-order valence-corrected chi connectivity index (χ0v) is 13.6. The predicted molar refractivity (Wildman–Crippen MR) is 94.5 cm³/mol. The molecule has 2 aromatic carbocycles. The van der Waals surface area contributed by atoms with Crippen LogP contribution in [0, 0.1) is 6.92 Å². The zero-order chi connectivity index (χ0) is 17.2. The molecule has 0 saturated heterocycles. The van der Waals surface area contributed by atoms with Crippen molar-refractivity contribution in [2.24, 2.45) is 5.10 Å². The Labute approximate surface area is 141 Å². The lowest BCUT2D eigenvalue weighted by molar-refractivity contribution is -0.123. The van der Waals surface area contributed by atoms with Crippen LogP contribution < -0.4 is 14.9 Å². The van der Waals surface area contributed by atoms with Gasteiger partial charge in [-0.2, -0.15) is 5.10 Å². The quantitative estimate of drug-likeness (QED) is 0.461. The number of nitrogens with one attached hydrogen (secondary N) is 1. The van der Waals surface area contributed by atoms with Gasteiger partial charge in [0.15, 0.2) is 6.61 Å². The molecule has 0 aliphatic rings. The van der Waals surface area contributed by atoms with E-state index >= 15 is 0 Å². The second kappa shape index (κ2) is 9.15. The summed E-state index contributed by atoms with van der Waals surface area (Å²) in [5, 5.41) is 3.93. The van der Waals surface area contributed by atoms with Gasteiger partial charge < -0.3 is 9.47 Å². The number of benzene rings is 2. The van der Waals surface area contributed by atoms with Crippen LogP contribution in [0.15, 0.2) is 66.3 Å². The Balaban J connectivity index is 1.83. The summed E-state index contributed by atoms with van der Waals surface area (Å²) in [4.78, 5) is 11.7. The van der Waals surface area contributed by atoms with E-state index in [4.69, 9.17) is 9.47 Å². The van der Waals surface area contributed by atoms with Crippen molar-refractivity contribution < 1.29 is 14.3 Å². The number of rotatable bonds is 8. The normalized spacial score (nSPS) is 10.4. The standard InChI is InChI=1S/C19H20N2O3/c1-3-12-23-18-7-5-4-6-16(18)13-20-21-19(22)14-24-17-10-8-15(2)9-11-17/h3-11,13H,1,12,14H2,2H3,(H,21,22)/b20-13+. The molecule has 5 heteroatoms. The lowest BCUT2D eigenvalue weighted by Gasteiger charge is -2.07. The van der Waals surface area contributed by atoms with E-state index in [2.05, 4.69) is 17.1 Å². The topological polar surface area (TPSA) is 59.9 Å². The molecule has 0 bridgehead atoms. The van der Waals surface area contributed by atoms with E-state index in [0.29, 0.717) is 18.1 Å². The zero-order valence-electron chi connectivity index (χ0n) is 13.6. The highest BCUT2D eigenvalue weighted by atomic mass is 16.5. The van der Waals surface area contributed by atoms with Crippen LogP contribution in [0.2, 0.25) is 0 Å². The number of hydrogen-bond acceptors (Lipinski definition) is 4. The third-order valence-corrected chi connectivity index (χ3v) is 3.06. The van der Waals surface area contributed by atoms with E-state index in [1.807, 2.05) is 55.5 Å². The molecule has 0 atom stereocenters. The molecule has 1 N–H and O–H groups in total. The molecule has 0 aliphatic heterocycles. The maximum Gasteiger partial charge on any atom is 0.277 e. The van der Waals surface area contributed by atoms with Gasteiger partial charge in [-0.3, -0.25) is 4.79 Å². The van der Waals surface area contributed by atoms with Crippen molar-refractivity contribution in [3.8, 4) is 11.5 Å². The van der Waals surface area contributed by atoms with Crippen molar-refractivity contribution in [2.75, 3.05) is 13.2 Å². The minimum atomic E-state index is -0.337. The van der Waals surface area contributed by atoms with Gasteiger partial charge >= 0.3 is 0 Å². The Bertz CT molecular complexity index is 709. The average molecular weight is 324 g/mol. The first-order valence-electron chi connectivity index (χ1n) is 7.53. The summed E-state index contributed by atoms with van der Waals surface area (Å²) in [6, 6.07) is 14.9. The first kappa shape index (κ1) is 17.3. The van der Waals surface area contributed by atoms with E-state index < -0.39 is 0 Å². The summed E-state index contributed by atoms with van der Waals surface area (Å²) in [6.45, 7) is 5.90. The third-order valence-electron chi connectivity index (χ3n) is 3.06. The summed E-state index contributed by atoms with van der Waals surface area (Å²) in [5.41, 5.74) is 4.32. The van der Waals surface area contributed by atoms with Gasteiger partial charge in [0.2, 0.25) is 0 Å². The van der Waals surface area contributed by atoms with Gasteiger partial charge in [-0.05, 0) is 31.2 Å². The molecule has 0 radical (unpaired) electrons. The fourth-order valence-electron chi connectivity index (χ4n) is 1.86. The highest BCUT2D eigenvalue weighted by Gasteiger charge is 2.02. The summed E-state index contributed by atoms with van der Waals surface area (Å²) in [6.07, 6.45) is 3.19. The molecule has 2 rings (SSSR count). The lowest BCUT2D eigenvalue weighted by atomic mass is 10.2. The summed E-state index contributed by atoms with van der Waals surface area (Å²) < 4.78 is 10.9. The predicted octanol–water partition coefficient (Wildman–Crippen LogP) is 3.09. The number of hydrogen-bond donors (Lipinski definition) is 1. The molecule has 0 aromatic heterocycles. The molecule has 1 amide bonds. The average Bonchev–Trinajstić information content (AvgIpc) is 2.60. The molecule has 0 spiro atoms. The van der Waals surface area contributed by atoms with Crippen LogP contribution in [-0.2, 0) is 4.79 Å². The first-order chi connectivity index (χ1) is 11.7. The monoisotopic (exact) mass is 324 g/mol. The number of ether oxygens (including phenoxy) is 2. The molecule has 0 fully saturated rings. The van der Waals surface area contributed by atoms with Crippen LogP contribution in [0.1, 0.15) is 11.1 Å². The Morgan fingerprint density at radius 1 is 1.17 bits per heavy atom. The van der Waals surface area contributed by atoms with E-state index in [1.54, 1.807) is 6.08 Å². The third kappa shape index (κ3) is 5.61. The van der Waals surface area contributed by atoms with Crippen molar-refractivity contribution in [1.82, 2.24) is 5.43 Å². The molecule has 2 aromatic rings. The van der Waals surface area contributed by atoms with Crippen molar-refractivity contribution in [3.05, 3.63) is 72.3 Å². The molecule has 5 nitrogen and oxygen atoms in total. The minimum Gasteiger partial charge on any atom is -0.489 e. The summed E-state index contributed by atoms with van der Waals surface area (Å²) >= 11 is 0. The molecule has 0 unspecified atom stereocenters. The molecule has 0 aliphatic carbocycles. The number of amides is 1. The van der Waals surface area contributed by atoms with Gasteiger partial charge in [0.05, 0.1) is 6.21 Å². The number of aryl methyl sites for hydroxylation is 1. The Hall–Kier alpha value is -3.08. The molecule has 0 saturated carbocycles. The largest absolute Gasteiger partial charge is 0.489 e. The SMILES string of the molecule is C=CCOc1ccccc1/C=N/NC(=O)COc1ccc(C)cc1. The molecular weight excluding hydrogens is 304 g/mol. The number of para-hydroxylation sites is 1. The van der Waals surface area contributed by atoms with Gasteiger partial charge in [-0.25, -0.2) is 5.43 Å². The molecular formula is C19H20N2O3. The number of carbonyl (C=O) groups excluding carboxylic acids is 1. The fraction of sp³-hybridized carbons (Fsp3) is 0.158. The lowest BCUT2D eigenvalue weighted by Crippen LogP contribution is -2.24. The Morgan fingerprint density at radius 3 is 2.67 bits per heavy atom. The highest BCUT2D eigenvalue weighted by Crippen LogP contribution is 2.15. The van der Waals surface area contributed by atoms with Crippen molar-refractivity contribution >= 4 is 12.1 Å². The van der Waals surface area contributed by atoms with Gasteiger partial charge in [0.1, 0.15) is 18.1 Å².